The lowest BCUT2D eigenvalue weighted by atomic mass is 10.0. The zero-order valence-electron chi connectivity index (χ0n) is 12.0. The van der Waals surface area contributed by atoms with Crippen molar-refractivity contribution >= 4 is 11.6 Å². The number of carbonyl (C=O) groups excluding carboxylic acids is 1. The average molecular weight is 280 g/mol. The van der Waals surface area contributed by atoms with Gasteiger partial charge in [-0.3, -0.25) is 4.79 Å². The minimum Gasteiger partial charge on any atom is -0.382 e. The van der Waals surface area contributed by atoms with E-state index in [2.05, 4.69) is 47.0 Å². The quantitative estimate of drug-likeness (QED) is 0.904. The predicted octanol–water partition coefficient (Wildman–Crippen LogP) is 3.43. The van der Waals surface area contributed by atoms with Crippen LogP contribution >= 0.6 is 0 Å². The molecule has 2 aromatic rings. The molecule has 0 aliphatic carbocycles. The molecular formula is C18H20N2O. The highest BCUT2D eigenvalue weighted by Crippen LogP contribution is 2.22. The van der Waals surface area contributed by atoms with Crippen LogP contribution in [-0.2, 0) is 4.79 Å². The van der Waals surface area contributed by atoms with Crippen LogP contribution in [0.3, 0.4) is 0 Å². The summed E-state index contributed by atoms with van der Waals surface area (Å²) in [4.78, 5) is 11.6. The van der Waals surface area contributed by atoms with Crippen molar-refractivity contribution in [3.63, 3.8) is 0 Å². The smallest absolute Gasteiger partial charge is 0.222 e. The van der Waals surface area contributed by atoms with Gasteiger partial charge in [-0.1, -0.05) is 42.5 Å². The molecule has 0 radical (unpaired) electrons. The van der Waals surface area contributed by atoms with Crippen LogP contribution in [0, 0.1) is 0 Å². The standard InChI is InChI=1S/C18H20N2O/c21-18-13-17(7-4-12-19-18)20-16-10-8-15(9-11-16)14-5-2-1-3-6-14/h1-3,5-6,8-11,17,20H,4,7,12-13H2,(H,19,21). The number of benzene rings is 2. The van der Waals surface area contributed by atoms with E-state index in [9.17, 15) is 4.79 Å². The maximum absolute atomic E-state index is 11.6. The van der Waals surface area contributed by atoms with E-state index in [1.54, 1.807) is 0 Å². The lowest BCUT2D eigenvalue weighted by Crippen LogP contribution is -2.26. The third-order valence-corrected chi connectivity index (χ3v) is 3.85. The van der Waals surface area contributed by atoms with Crippen molar-refractivity contribution in [1.82, 2.24) is 5.32 Å². The Morgan fingerprint density at radius 3 is 2.43 bits per heavy atom. The van der Waals surface area contributed by atoms with Crippen LogP contribution in [0.15, 0.2) is 54.6 Å². The van der Waals surface area contributed by atoms with Crippen LogP contribution in [0.1, 0.15) is 19.3 Å². The van der Waals surface area contributed by atoms with E-state index in [0.29, 0.717) is 6.42 Å². The molecule has 3 rings (SSSR count). The fourth-order valence-electron chi connectivity index (χ4n) is 2.72. The number of rotatable bonds is 3. The molecule has 3 heteroatoms. The molecule has 0 bridgehead atoms. The molecule has 1 unspecified atom stereocenters. The molecule has 1 fully saturated rings. The molecule has 1 amide bonds. The van der Waals surface area contributed by atoms with Crippen molar-refractivity contribution < 1.29 is 4.79 Å². The third kappa shape index (κ3) is 3.63. The van der Waals surface area contributed by atoms with Gasteiger partial charge >= 0.3 is 0 Å². The fourth-order valence-corrected chi connectivity index (χ4v) is 2.72. The first-order valence-electron chi connectivity index (χ1n) is 7.50. The summed E-state index contributed by atoms with van der Waals surface area (Å²) in [5, 5.41) is 6.38. The normalized spacial score (nSPS) is 18.7. The van der Waals surface area contributed by atoms with Gasteiger partial charge in [-0.15, -0.1) is 0 Å². The second kappa shape index (κ2) is 6.44. The van der Waals surface area contributed by atoms with Gasteiger partial charge in [-0.2, -0.15) is 0 Å². The molecule has 0 spiro atoms. The highest BCUT2D eigenvalue weighted by molar-refractivity contribution is 5.77. The second-order valence-electron chi connectivity index (χ2n) is 5.48. The molecule has 2 aromatic carbocycles. The van der Waals surface area contributed by atoms with Crippen molar-refractivity contribution in [2.24, 2.45) is 0 Å². The number of carbonyl (C=O) groups is 1. The van der Waals surface area contributed by atoms with E-state index in [1.165, 1.54) is 11.1 Å². The van der Waals surface area contributed by atoms with E-state index in [-0.39, 0.29) is 11.9 Å². The van der Waals surface area contributed by atoms with Gasteiger partial charge in [0.05, 0.1) is 0 Å². The zero-order chi connectivity index (χ0) is 14.5. The van der Waals surface area contributed by atoms with E-state index in [4.69, 9.17) is 0 Å². The van der Waals surface area contributed by atoms with Gasteiger partial charge in [-0.25, -0.2) is 0 Å². The van der Waals surface area contributed by atoms with Gasteiger partial charge < -0.3 is 10.6 Å². The summed E-state index contributed by atoms with van der Waals surface area (Å²) in [6, 6.07) is 19.0. The monoisotopic (exact) mass is 280 g/mol. The Morgan fingerprint density at radius 2 is 1.67 bits per heavy atom. The van der Waals surface area contributed by atoms with Crippen LogP contribution in [0.25, 0.3) is 11.1 Å². The summed E-state index contributed by atoms with van der Waals surface area (Å²) in [6.45, 7) is 0.796. The Labute approximate surface area is 125 Å². The largest absolute Gasteiger partial charge is 0.382 e. The van der Waals surface area contributed by atoms with Crippen molar-refractivity contribution in [2.75, 3.05) is 11.9 Å². The van der Waals surface area contributed by atoms with E-state index in [1.807, 2.05) is 18.2 Å². The van der Waals surface area contributed by atoms with E-state index >= 15 is 0 Å². The molecule has 1 aliphatic rings. The van der Waals surface area contributed by atoms with Gasteiger partial charge in [0.1, 0.15) is 0 Å². The maximum Gasteiger partial charge on any atom is 0.222 e. The first-order valence-corrected chi connectivity index (χ1v) is 7.50. The minimum atomic E-state index is 0.144. The Balaban J connectivity index is 1.68. The third-order valence-electron chi connectivity index (χ3n) is 3.85. The van der Waals surface area contributed by atoms with Gasteiger partial charge in [0.15, 0.2) is 0 Å². The molecule has 0 aromatic heterocycles. The summed E-state index contributed by atoms with van der Waals surface area (Å²) in [5.74, 6) is 0.144. The molecule has 1 atom stereocenters. The van der Waals surface area contributed by atoms with Gasteiger partial charge in [0.25, 0.3) is 0 Å². The summed E-state index contributed by atoms with van der Waals surface area (Å²) < 4.78 is 0. The van der Waals surface area contributed by atoms with Crippen molar-refractivity contribution in [3.8, 4) is 11.1 Å². The maximum atomic E-state index is 11.6. The topological polar surface area (TPSA) is 41.1 Å². The Bertz CT molecular complexity index is 592. The molecule has 1 heterocycles. The molecule has 1 saturated heterocycles. The number of anilines is 1. The van der Waals surface area contributed by atoms with Crippen LogP contribution < -0.4 is 10.6 Å². The Kier molecular flexibility index (Phi) is 4.20. The lowest BCUT2D eigenvalue weighted by Gasteiger charge is -2.16. The summed E-state index contributed by atoms with van der Waals surface area (Å²) in [7, 11) is 0. The van der Waals surface area contributed by atoms with Crippen molar-refractivity contribution in [1.29, 1.82) is 0 Å². The van der Waals surface area contributed by atoms with Gasteiger partial charge in [0.2, 0.25) is 5.91 Å². The fraction of sp³-hybridized carbons (Fsp3) is 0.278. The summed E-state index contributed by atoms with van der Waals surface area (Å²) >= 11 is 0. The highest BCUT2D eigenvalue weighted by Gasteiger charge is 2.16. The number of amides is 1. The first-order chi connectivity index (χ1) is 10.3. The molecule has 0 saturated carbocycles. The minimum absolute atomic E-state index is 0.144. The lowest BCUT2D eigenvalue weighted by molar-refractivity contribution is -0.120. The first kappa shape index (κ1) is 13.7. The molecule has 3 nitrogen and oxygen atoms in total. The predicted molar refractivity (Wildman–Crippen MR) is 86.1 cm³/mol. The Morgan fingerprint density at radius 1 is 0.952 bits per heavy atom. The van der Waals surface area contributed by atoms with Crippen LogP contribution in [-0.4, -0.2) is 18.5 Å². The molecule has 21 heavy (non-hydrogen) atoms. The number of hydrogen-bond donors (Lipinski definition) is 2. The van der Waals surface area contributed by atoms with Crippen LogP contribution in [0.5, 0.6) is 0 Å². The van der Waals surface area contributed by atoms with E-state index in [0.717, 1.165) is 25.1 Å². The second-order valence-corrected chi connectivity index (χ2v) is 5.48. The molecular weight excluding hydrogens is 260 g/mol. The summed E-state index contributed by atoms with van der Waals surface area (Å²) in [6.07, 6.45) is 2.62. The number of nitrogens with one attached hydrogen (secondary N) is 2. The number of hydrogen-bond acceptors (Lipinski definition) is 2. The van der Waals surface area contributed by atoms with Crippen LogP contribution in [0.2, 0.25) is 0 Å². The SMILES string of the molecule is O=C1CC(Nc2ccc(-c3ccccc3)cc2)CCCN1. The Hall–Kier alpha value is -2.29. The van der Waals surface area contributed by atoms with E-state index < -0.39 is 0 Å². The van der Waals surface area contributed by atoms with Crippen molar-refractivity contribution in [2.45, 2.75) is 25.3 Å². The molecule has 2 N–H and O–H groups in total. The highest BCUT2D eigenvalue weighted by atomic mass is 16.1. The summed E-state index contributed by atoms with van der Waals surface area (Å²) in [5.41, 5.74) is 3.51. The molecule has 108 valence electrons. The zero-order valence-corrected chi connectivity index (χ0v) is 12.0. The van der Waals surface area contributed by atoms with Crippen LogP contribution in [0.4, 0.5) is 5.69 Å². The molecule has 1 aliphatic heterocycles. The average Bonchev–Trinajstić information content (AvgIpc) is 2.73. The van der Waals surface area contributed by atoms with Gasteiger partial charge in [0, 0.05) is 24.7 Å². The van der Waals surface area contributed by atoms with Crippen molar-refractivity contribution in [3.05, 3.63) is 54.6 Å². The van der Waals surface area contributed by atoms with Gasteiger partial charge in [-0.05, 0) is 36.1 Å².